The molecule has 3 atom stereocenters. The number of rotatable bonds is 8. The second kappa shape index (κ2) is 12.2. The molecule has 196 valence electrons. The van der Waals surface area contributed by atoms with Crippen molar-refractivity contribution in [2.24, 2.45) is 5.92 Å². The Balaban J connectivity index is 1.47. The lowest BCUT2D eigenvalue weighted by molar-refractivity contribution is -0.168. The molecular formula is C29H38FNO5. The predicted octanol–water partition coefficient (Wildman–Crippen LogP) is 6.44. The average molecular weight is 500 g/mol. The normalized spacial score (nSPS) is 22.4. The van der Waals surface area contributed by atoms with Gasteiger partial charge < -0.3 is 18.9 Å². The lowest BCUT2D eigenvalue weighted by atomic mass is 9.87. The quantitative estimate of drug-likeness (QED) is 0.390. The molecule has 1 saturated heterocycles. The molecule has 4 rings (SSSR count). The van der Waals surface area contributed by atoms with Crippen LogP contribution in [0.1, 0.15) is 75.6 Å². The van der Waals surface area contributed by atoms with Crippen LogP contribution in [-0.4, -0.2) is 36.1 Å². The molecule has 0 N–H and O–H groups in total. The molecular weight excluding hydrogens is 461 g/mol. The summed E-state index contributed by atoms with van der Waals surface area (Å²) in [6.07, 6.45) is 5.86. The van der Waals surface area contributed by atoms with E-state index in [9.17, 15) is 9.18 Å². The van der Waals surface area contributed by atoms with Gasteiger partial charge in [0.25, 0.3) is 0 Å². The zero-order valence-electron chi connectivity index (χ0n) is 21.8. The van der Waals surface area contributed by atoms with Crippen LogP contribution in [0.15, 0.2) is 24.3 Å². The molecule has 0 spiro atoms. The van der Waals surface area contributed by atoms with E-state index in [1.165, 1.54) is 6.07 Å². The van der Waals surface area contributed by atoms with E-state index in [1.54, 1.807) is 13.0 Å². The van der Waals surface area contributed by atoms with Gasteiger partial charge >= 0.3 is 5.97 Å². The third-order valence-electron chi connectivity index (χ3n) is 7.00. The molecule has 0 radical (unpaired) electrons. The van der Waals surface area contributed by atoms with Crippen molar-refractivity contribution in [3.8, 4) is 17.0 Å². The Morgan fingerprint density at radius 1 is 1.11 bits per heavy atom. The fraction of sp³-hybridized carbons (Fsp3) is 0.586. The summed E-state index contributed by atoms with van der Waals surface area (Å²) in [7, 11) is 0. The molecule has 2 aromatic rings. The van der Waals surface area contributed by atoms with Crippen molar-refractivity contribution in [1.82, 2.24) is 4.98 Å². The maximum Gasteiger partial charge on any atom is 0.309 e. The maximum atomic E-state index is 14.4. The molecule has 36 heavy (non-hydrogen) atoms. The van der Waals surface area contributed by atoms with Crippen molar-refractivity contribution in [1.29, 1.82) is 0 Å². The van der Waals surface area contributed by atoms with Crippen molar-refractivity contribution in [2.75, 3.05) is 6.61 Å². The zero-order chi connectivity index (χ0) is 25.7. The van der Waals surface area contributed by atoms with E-state index in [4.69, 9.17) is 23.9 Å². The number of hydrogen-bond acceptors (Lipinski definition) is 6. The number of aromatic nitrogens is 1. The minimum atomic E-state index is -0.263. The van der Waals surface area contributed by atoms with Gasteiger partial charge in [-0.15, -0.1) is 0 Å². The minimum absolute atomic E-state index is 0.0534. The van der Waals surface area contributed by atoms with Crippen LogP contribution in [0.3, 0.4) is 0 Å². The molecule has 2 fully saturated rings. The van der Waals surface area contributed by atoms with Crippen molar-refractivity contribution in [3.63, 3.8) is 0 Å². The molecule has 0 bridgehead atoms. The van der Waals surface area contributed by atoms with E-state index in [1.807, 2.05) is 32.9 Å². The van der Waals surface area contributed by atoms with Crippen molar-refractivity contribution in [3.05, 3.63) is 46.9 Å². The Morgan fingerprint density at radius 2 is 1.94 bits per heavy atom. The molecule has 1 aliphatic carbocycles. The fourth-order valence-electron chi connectivity index (χ4n) is 4.97. The first kappa shape index (κ1) is 26.6. The first-order valence-electron chi connectivity index (χ1n) is 13.2. The number of benzene rings is 1. The first-order chi connectivity index (χ1) is 17.3. The van der Waals surface area contributed by atoms with Gasteiger partial charge in [-0.25, -0.2) is 9.37 Å². The highest BCUT2D eigenvalue weighted by Crippen LogP contribution is 2.33. The first-order valence-corrected chi connectivity index (χ1v) is 13.2. The van der Waals surface area contributed by atoms with Crippen LogP contribution in [-0.2, 0) is 25.6 Å². The topological polar surface area (TPSA) is 66.9 Å². The Hall–Kier alpha value is -2.51. The third-order valence-corrected chi connectivity index (χ3v) is 7.00. The van der Waals surface area contributed by atoms with Crippen LogP contribution in [0.5, 0.6) is 5.75 Å². The SMILES string of the molecule is Cc1nc(-c2ccc(F)c(C)c2COC2CCCCO2)ccc1O[C@H]1CCC[C@H](C(=O)OC(C)C)C1. The van der Waals surface area contributed by atoms with Crippen LogP contribution >= 0.6 is 0 Å². The second-order valence-electron chi connectivity index (χ2n) is 10.2. The monoisotopic (exact) mass is 499 g/mol. The highest BCUT2D eigenvalue weighted by Gasteiger charge is 2.30. The Morgan fingerprint density at radius 3 is 2.67 bits per heavy atom. The Kier molecular flexibility index (Phi) is 8.96. The van der Waals surface area contributed by atoms with Gasteiger partial charge in [-0.1, -0.05) is 0 Å². The van der Waals surface area contributed by atoms with Crippen LogP contribution in [0.25, 0.3) is 11.3 Å². The number of pyridine rings is 1. The molecule has 6 nitrogen and oxygen atoms in total. The molecule has 1 saturated carbocycles. The van der Waals surface area contributed by atoms with Gasteiger partial charge in [0.15, 0.2) is 6.29 Å². The standard InChI is InChI=1S/C29H38FNO5/c1-18(2)35-29(32)21-8-7-9-22(16-21)36-27-14-13-26(31-20(27)4)23-11-12-25(30)19(3)24(23)17-34-28-10-5-6-15-33-28/h11-14,18,21-22,28H,5-10,15-17H2,1-4H3/t21-,22-,28?/m0/s1. The van der Waals surface area contributed by atoms with Gasteiger partial charge in [0.2, 0.25) is 0 Å². The van der Waals surface area contributed by atoms with E-state index in [0.717, 1.165) is 61.0 Å². The van der Waals surface area contributed by atoms with Crippen molar-refractivity contribution < 1.29 is 28.1 Å². The van der Waals surface area contributed by atoms with E-state index < -0.39 is 0 Å². The number of halogens is 1. The second-order valence-corrected chi connectivity index (χ2v) is 10.2. The average Bonchev–Trinajstić information content (AvgIpc) is 2.86. The molecule has 1 aromatic carbocycles. The fourth-order valence-corrected chi connectivity index (χ4v) is 4.97. The Labute approximate surface area is 213 Å². The summed E-state index contributed by atoms with van der Waals surface area (Å²) in [6.45, 7) is 8.38. The van der Waals surface area contributed by atoms with Crippen molar-refractivity contribution >= 4 is 5.97 Å². The number of carbonyl (C=O) groups excluding carboxylic acids is 1. The molecule has 1 aromatic heterocycles. The molecule has 1 unspecified atom stereocenters. The molecule has 2 heterocycles. The van der Waals surface area contributed by atoms with Gasteiger partial charge in [0.05, 0.1) is 36.1 Å². The predicted molar refractivity (Wildman–Crippen MR) is 135 cm³/mol. The number of carbonyl (C=O) groups is 1. The van der Waals surface area contributed by atoms with Crippen LogP contribution in [0.4, 0.5) is 4.39 Å². The lowest BCUT2D eigenvalue weighted by Crippen LogP contribution is -2.31. The summed E-state index contributed by atoms with van der Waals surface area (Å²) in [5.74, 6) is 0.176. The lowest BCUT2D eigenvalue weighted by Gasteiger charge is -2.29. The number of ether oxygens (including phenoxy) is 4. The van der Waals surface area contributed by atoms with E-state index >= 15 is 0 Å². The van der Waals surface area contributed by atoms with E-state index in [2.05, 4.69) is 0 Å². The van der Waals surface area contributed by atoms with Gasteiger partial charge in [-0.2, -0.15) is 0 Å². The van der Waals surface area contributed by atoms with Crippen molar-refractivity contribution in [2.45, 2.75) is 97.7 Å². The smallest absolute Gasteiger partial charge is 0.309 e. The summed E-state index contributed by atoms with van der Waals surface area (Å²) in [4.78, 5) is 17.2. The maximum absolute atomic E-state index is 14.4. The summed E-state index contributed by atoms with van der Waals surface area (Å²) in [6, 6.07) is 7.06. The summed E-state index contributed by atoms with van der Waals surface area (Å²) in [5, 5.41) is 0. The van der Waals surface area contributed by atoms with Gasteiger partial charge in [-0.3, -0.25) is 4.79 Å². The van der Waals surface area contributed by atoms with E-state index in [0.29, 0.717) is 24.3 Å². The molecule has 0 amide bonds. The summed E-state index contributed by atoms with van der Waals surface area (Å²) >= 11 is 0. The van der Waals surface area contributed by atoms with Crippen LogP contribution in [0.2, 0.25) is 0 Å². The Bertz CT molecular complexity index is 1050. The summed E-state index contributed by atoms with van der Waals surface area (Å²) < 4.78 is 37.8. The number of hydrogen-bond donors (Lipinski definition) is 0. The number of esters is 1. The zero-order valence-corrected chi connectivity index (χ0v) is 21.8. The molecule has 1 aliphatic heterocycles. The number of nitrogens with zero attached hydrogens (tertiary/aromatic N) is 1. The highest BCUT2D eigenvalue weighted by molar-refractivity contribution is 5.72. The van der Waals surface area contributed by atoms with Crippen LogP contribution in [0, 0.1) is 25.6 Å². The van der Waals surface area contributed by atoms with Gasteiger partial charge in [-0.05, 0) is 108 Å². The number of aryl methyl sites for hydroxylation is 1. The minimum Gasteiger partial charge on any atom is -0.489 e. The molecule has 7 heteroatoms. The summed E-state index contributed by atoms with van der Waals surface area (Å²) in [5.41, 5.74) is 3.68. The van der Waals surface area contributed by atoms with Gasteiger partial charge in [0, 0.05) is 12.2 Å². The third kappa shape index (κ3) is 6.62. The van der Waals surface area contributed by atoms with Gasteiger partial charge in [0.1, 0.15) is 11.6 Å². The molecule has 2 aliphatic rings. The van der Waals surface area contributed by atoms with Crippen LogP contribution < -0.4 is 4.74 Å². The highest BCUT2D eigenvalue weighted by atomic mass is 19.1. The largest absolute Gasteiger partial charge is 0.489 e. The van der Waals surface area contributed by atoms with E-state index in [-0.39, 0.29) is 42.8 Å².